The average Bonchev–Trinajstić information content (AvgIpc) is 3.40. The van der Waals surface area contributed by atoms with Crippen LogP contribution in [-0.4, -0.2) is 29.0 Å². The number of Topliss-reactive ketones (excluding diaryl/α,β-unsaturated/α-hetero) is 2. The molecule has 3 atom stereocenters. The SMILES string of the molecule is O=C1[C@@H]2[C@@H](c3ccc(Cl)cc3)OC3(C(=O)c4ccccc4C3=O)[C@@H]2C(=O)N1c1ccc(I)cc1. The minimum atomic E-state index is -2.08. The molecule has 2 heterocycles. The van der Waals surface area contributed by atoms with Crippen LogP contribution in [0.3, 0.4) is 0 Å². The van der Waals surface area contributed by atoms with E-state index in [2.05, 4.69) is 22.6 Å². The minimum Gasteiger partial charge on any atom is -0.349 e. The summed E-state index contributed by atoms with van der Waals surface area (Å²) < 4.78 is 7.18. The Labute approximate surface area is 213 Å². The number of benzene rings is 3. The van der Waals surface area contributed by atoms with Gasteiger partial charge in [-0.15, -0.1) is 0 Å². The molecule has 6 nitrogen and oxygen atoms in total. The zero-order valence-corrected chi connectivity index (χ0v) is 20.3. The van der Waals surface area contributed by atoms with E-state index in [1.807, 2.05) is 0 Å². The summed E-state index contributed by atoms with van der Waals surface area (Å²) in [6.07, 6.45) is -0.963. The van der Waals surface area contributed by atoms with Crippen molar-refractivity contribution in [2.24, 2.45) is 11.8 Å². The fraction of sp³-hybridized carbons (Fsp3) is 0.154. The molecular formula is C26H15ClINO5. The number of ether oxygens (including phenoxy) is 1. The number of halogens is 2. The molecule has 8 heteroatoms. The van der Waals surface area contributed by atoms with Crippen molar-refractivity contribution in [2.45, 2.75) is 11.7 Å². The molecule has 0 radical (unpaired) electrons. The lowest BCUT2D eigenvalue weighted by molar-refractivity contribution is -0.127. The molecule has 0 unspecified atom stereocenters. The topological polar surface area (TPSA) is 80.8 Å². The van der Waals surface area contributed by atoms with Gasteiger partial charge in [0, 0.05) is 19.7 Å². The van der Waals surface area contributed by atoms with Crippen LogP contribution in [0.1, 0.15) is 32.4 Å². The third kappa shape index (κ3) is 2.77. The normalized spacial score (nSPS) is 24.8. The van der Waals surface area contributed by atoms with Crippen LogP contribution in [0.2, 0.25) is 5.02 Å². The number of nitrogens with zero attached hydrogens (tertiary/aromatic N) is 1. The number of hydrogen-bond acceptors (Lipinski definition) is 5. The van der Waals surface area contributed by atoms with Crippen molar-refractivity contribution >= 4 is 63.3 Å². The highest BCUT2D eigenvalue weighted by atomic mass is 127. The Kier molecular flexibility index (Phi) is 4.81. The van der Waals surface area contributed by atoms with E-state index in [0.717, 1.165) is 8.47 Å². The first-order valence-electron chi connectivity index (χ1n) is 10.6. The van der Waals surface area contributed by atoms with E-state index in [0.29, 0.717) is 16.3 Å². The lowest BCUT2D eigenvalue weighted by atomic mass is 9.77. The van der Waals surface area contributed by atoms with Crippen LogP contribution in [-0.2, 0) is 14.3 Å². The van der Waals surface area contributed by atoms with Gasteiger partial charge in [0.2, 0.25) is 29.0 Å². The Balaban J connectivity index is 1.54. The van der Waals surface area contributed by atoms with E-state index >= 15 is 0 Å². The first-order chi connectivity index (χ1) is 16.3. The number of imide groups is 1. The monoisotopic (exact) mass is 583 g/mol. The summed E-state index contributed by atoms with van der Waals surface area (Å²) in [7, 11) is 0. The molecule has 2 amide bonds. The van der Waals surface area contributed by atoms with Crippen molar-refractivity contribution in [2.75, 3.05) is 4.90 Å². The number of rotatable bonds is 2. The summed E-state index contributed by atoms with van der Waals surface area (Å²) in [5.74, 6) is -4.57. The van der Waals surface area contributed by atoms with Gasteiger partial charge in [-0.3, -0.25) is 19.2 Å². The first-order valence-corrected chi connectivity index (χ1v) is 12.1. The van der Waals surface area contributed by atoms with Gasteiger partial charge in [0.25, 0.3) is 0 Å². The first kappa shape index (κ1) is 21.6. The predicted molar refractivity (Wildman–Crippen MR) is 132 cm³/mol. The van der Waals surface area contributed by atoms with Crippen LogP contribution < -0.4 is 4.90 Å². The van der Waals surface area contributed by atoms with Crippen molar-refractivity contribution < 1.29 is 23.9 Å². The summed E-state index contributed by atoms with van der Waals surface area (Å²) in [6, 6.07) is 20.0. The quantitative estimate of drug-likeness (QED) is 0.250. The molecule has 2 saturated heterocycles. The second kappa shape index (κ2) is 7.56. The summed E-state index contributed by atoms with van der Waals surface area (Å²) in [5, 5.41) is 0.489. The van der Waals surface area contributed by atoms with E-state index < -0.39 is 46.9 Å². The molecule has 3 aliphatic rings. The second-order valence-electron chi connectivity index (χ2n) is 8.52. The van der Waals surface area contributed by atoms with Gasteiger partial charge >= 0.3 is 0 Å². The number of hydrogen-bond donors (Lipinski definition) is 0. The van der Waals surface area contributed by atoms with Gasteiger partial charge in [0.1, 0.15) is 0 Å². The van der Waals surface area contributed by atoms with Gasteiger partial charge < -0.3 is 4.74 Å². The average molecular weight is 584 g/mol. The van der Waals surface area contributed by atoms with Gasteiger partial charge in [-0.05, 0) is 64.6 Å². The Morgan fingerprint density at radius 1 is 0.794 bits per heavy atom. The van der Waals surface area contributed by atoms with Crippen molar-refractivity contribution in [3.05, 3.63) is 98.1 Å². The van der Waals surface area contributed by atoms with E-state index in [1.54, 1.807) is 72.8 Å². The van der Waals surface area contributed by atoms with Gasteiger partial charge in [-0.25, -0.2) is 4.90 Å². The van der Waals surface area contributed by atoms with Crippen molar-refractivity contribution in [3.63, 3.8) is 0 Å². The fourth-order valence-electron chi connectivity index (χ4n) is 5.32. The highest BCUT2D eigenvalue weighted by Gasteiger charge is 2.74. The van der Waals surface area contributed by atoms with E-state index in [4.69, 9.17) is 16.3 Å². The van der Waals surface area contributed by atoms with Gasteiger partial charge in [-0.2, -0.15) is 0 Å². The molecule has 1 aliphatic carbocycles. The largest absolute Gasteiger partial charge is 0.349 e. The van der Waals surface area contributed by atoms with Crippen LogP contribution in [0.15, 0.2) is 72.8 Å². The number of carbonyl (C=O) groups is 4. The summed E-state index contributed by atoms with van der Waals surface area (Å²) in [4.78, 5) is 56.0. The molecule has 0 N–H and O–H groups in total. The van der Waals surface area contributed by atoms with Crippen LogP contribution in [0.5, 0.6) is 0 Å². The molecule has 2 aliphatic heterocycles. The summed E-state index contributed by atoms with van der Waals surface area (Å²) in [6.45, 7) is 0. The number of amides is 2. The fourth-order valence-corrected chi connectivity index (χ4v) is 5.80. The summed E-state index contributed by atoms with van der Waals surface area (Å²) in [5.41, 5.74) is -0.709. The standard InChI is InChI=1S/C26H15ClINO5/c27-14-7-5-13(6-8-14)21-19-20(25(33)29(24(19)32)16-11-9-15(28)10-12-16)26(34-21)22(30)17-3-1-2-4-18(17)23(26)31/h1-12,19-21H/t19-,20-,21+/m0/s1. The molecule has 1 spiro atoms. The lowest BCUT2D eigenvalue weighted by Gasteiger charge is -2.27. The zero-order chi connectivity index (χ0) is 23.8. The zero-order valence-electron chi connectivity index (χ0n) is 17.4. The molecule has 3 aromatic carbocycles. The molecule has 2 fully saturated rings. The predicted octanol–water partition coefficient (Wildman–Crippen LogP) is 4.64. The number of anilines is 1. The molecule has 3 aromatic rings. The van der Waals surface area contributed by atoms with Crippen molar-refractivity contribution in [1.82, 2.24) is 0 Å². The third-order valence-electron chi connectivity index (χ3n) is 6.80. The molecular weight excluding hydrogens is 569 g/mol. The molecule has 6 rings (SSSR count). The number of fused-ring (bicyclic) bond motifs is 3. The maximum Gasteiger partial charge on any atom is 0.241 e. The van der Waals surface area contributed by atoms with Crippen LogP contribution in [0, 0.1) is 15.4 Å². The van der Waals surface area contributed by atoms with Crippen LogP contribution in [0.25, 0.3) is 0 Å². The lowest BCUT2D eigenvalue weighted by Crippen LogP contribution is -2.51. The number of ketones is 2. The van der Waals surface area contributed by atoms with Crippen LogP contribution >= 0.6 is 34.2 Å². The van der Waals surface area contributed by atoms with Crippen LogP contribution in [0.4, 0.5) is 5.69 Å². The van der Waals surface area contributed by atoms with Gasteiger partial charge in [0.15, 0.2) is 0 Å². The molecule has 0 aromatic heterocycles. The van der Waals surface area contributed by atoms with Gasteiger partial charge in [-0.1, -0.05) is 48.0 Å². The Hall–Kier alpha value is -2.88. The maximum atomic E-state index is 13.8. The Bertz CT molecular complexity index is 1370. The Morgan fingerprint density at radius 2 is 1.38 bits per heavy atom. The smallest absolute Gasteiger partial charge is 0.241 e. The van der Waals surface area contributed by atoms with E-state index in [1.165, 1.54) is 0 Å². The molecule has 0 bridgehead atoms. The summed E-state index contributed by atoms with van der Waals surface area (Å²) >= 11 is 8.18. The van der Waals surface area contributed by atoms with Crippen molar-refractivity contribution in [3.8, 4) is 0 Å². The highest BCUT2D eigenvalue weighted by Crippen LogP contribution is 2.57. The number of carbonyl (C=O) groups excluding carboxylic acids is 4. The van der Waals surface area contributed by atoms with E-state index in [-0.39, 0.29) is 11.1 Å². The second-order valence-corrected chi connectivity index (χ2v) is 10.2. The van der Waals surface area contributed by atoms with Gasteiger partial charge in [0.05, 0.1) is 23.6 Å². The molecule has 0 saturated carbocycles. The molecule has 168 valence electrons. The Morgan fingerprint density at radius 3 is 1.97 bits per heavy atom. The minimum absolute atomic E-state index is 0.205. The molecule has 34 heavy (non-hydrogen) atoms. The van der Waals surface area contributed by atoms with Crippen molar-refractivity contribution in [1.29, 1.82) is 0 Å². The third-order valence-corrected chi connectivity index (χ3v) is 7.77. The maximum absolute atomic E-state index is 13.8. The highest BCUT2D eigenvalue weighted by molar-refractivity contribution is 14.1. The van der Waals surface area contributed by atoms with E-state index in [9.17, 15) is 19.2 Å².